The van der Waals surface area contributed by atoms with E-state index in [0.717, 1.165) is 11.1 Å². The summed E-state index contributed by atoms with van der Waals surface area (Å²) in [4.78, 5) is 0. The summed E-state index contributed by atoms with van der Waals surface area (Å²) in [6, 6.07) is 0. The number of hydrogen-bond acceptors (Lipinski definition) is 0. The maximum atomic E-state index is 5.59. The van der Waals surface area contributed by atoms with Gasteiger partial charge in [0, 0.05) is 27.9 Å². The molecule has 2 rings (SSSR count). The number of terminal acetylenes is 2. The fourth-order valence-corrected chi connectivity index (χ4v) is 8.44. The van der Waals surface area contributed by atoms with Crippen LogP contribution in [0, 0.1) is 56.8 Å². The van der Waals surface area contributed by atoms with Crippen LogP contribution >= 0.6 is 0 Å². The van der Waals surface area contributed by atoms with Crippen LogP contribution in [0.3, 0.4) is 0 Å². The van der Waals surface area contributed by atoms with Crippen LogP contribution < -0.4 is 0 Å². The van der Waals surface area contributed by atoms with Gasteiger partial charge >= 0.3 is 0 Å². The standard InChI is InChI=1S/C14H20Si2.C5H5.Co/c1-9-11-12(10-2)14(16(6,7)8)13(11)15(3,4)5;1-2-4-5-3-1;/h1-2H,3-8H3;1-5H;. The Kier molecular flexibility index (Phi) is 8.23. The zero-order valence-corrected chi connectivity index (χ0v) is 17.4. The molecule has 0 heterocycles. The smallest absolute Gasteiger partial charge is 0.0792 e. The molecule has 0 aromatic carbocycles. The molecule has 0 aromatic heterocycles. The Morgan fingerprint density at radius 2 is 0.864 bits per heavy atom. The SMILES string of the molecule is C#CC1=C(C#C)C([Si](C)(C)C)=C1[Si](C)(C)C.[CH]1[CH][CH][CH][CH]1.[Co]. The maximum Gasteiger partial charge on any atom is 0.0792 e. The molecule has 6 radical (unpaired) electrons. The molecule has 0 amide bonds. The molecule has 0 atom stereocenters. The van der Waals surface area contributed by atoms with E-state index < -0.39 is 16.1 Å². The monoisotopic (exact) mass is 368 g/mol. The van der Waals surface area contributed by atoms with E-state index in [4.69, 9.17) is 12.8 Å². The van der Waals surface area contributed by atoms with Crippen molar-refractivity contribution in [2.24, 2.45) is 0 Å². The third-order valence-electron chi connectivity index (χ3n) is 3.34. The molecule has 1 saturated carbocycles. The summed E-state index contributed by atoms with van der Waals surface area (Å²) in [6.07, 6.45) is 21.2. The van der Waals surface area contributed by atoms with Gasteiger partial charge in [-0.05, 0) is 42.5 Å². The van der Waals surface area contributed by atoms with Crippen molar-refractivity contribution >= 4 is 16.1 Å². The van der Waals surface area contributed by atoms with E-state index in [1.807, 2.05) is 32.1 Å². The molecular weight excluding hydrogens is 343 g/mol. The molecule has 0 N–H and O–H groups in total. The summed E-state index contributed by atoms with van der Waals surface area (Å²) in [5.41, 5.74) is 2.05. The Labute approximate surface area is 150 Å². The van der Waals surface area contributed by atoms with Gasteiger partial charge in [-0.3, -0.25) is 0 Å². The van der Waals surface area contributed by atoms with Crippen LogP contribution in [0.5, 0.6) is 0 Å². The van der Waals surface area contributed by atoms with Gasteiger partial charge in [0.15, 0.2) is 0 Å². The average molecular weight is 369 g/mol. The van der Waals surface area contributed by atoms with E-state index >= 15 is 0 Å². The number of hydrogen-bond donors (Lipinski definition) is 0. The van der Waals surface area contributed by atoms with E-state index in [1.54, 1.807) is 0 Å². The van der Waals surface area contributed by atoms with E-state index in [-0.39, 0.29) is 16.8 Å². The molecule has 0 aromatic rings. The Morgan fingerprint density at radius 1 is 0.636 bits per heavy atom. The zero-order valence-electron chi connectivity index (χ0n) is 14.4. The fourth-order valence-electron chi connectivity index (χ4n) is 2.55. The van der Waals surface area contributed by atoms with Gasteiger partial charge in [-0.15, -0.1) is 12.8 Å². The predicted molar refractivity (Wildman–Crippen MR) is 99.9 cm³/mol. The molecule has 22 heavy (non-hydrogen) atoms. The summed E-state index contributed by atoms with van der Waals surface area (Å²) < 4.78 is 0. The third-order valence-corrected chi connectivity index (χ3v) is 7.59. The average Bonchev–Trinajstić information content (AvgIpc) is 2.83. The van der Waals surface area contributed by atoms with Crippen molar-refractivity contribution in [1.29, 1.82) is 0 Å². The minimum Gasteiger partial charge on any atom is -0.115 e. The molecule has 2 aliphatic rings. The number of allylic oxidation sites excluding steroid dienone is 4. The van der Waals surface area contributed by atoms with Gasteiger partial charge in [-0.1, -0.05) is 51.1 Å². The van der Waals surface area contributed by atoms with Crippen molar-refractivity contribution in [3.8, 4) is 24.7 Å². The van der Waals surface area contributed by atoms with E-state index in [1.165, 1.54) is 10.4 Å². The second-order valence-electron chi connectivity index (χ2n) is 7.25. The van der Waals surface area contributed by atoms with Gasteiger partial charge in [0.2, 0.25) is 0 Å². The van der Waals surface area contributed by atoms with E-state index in [2.05, 4.69) is 51.1 Å². The summed E-state index contributed by atoms with van der Waals surface area (Å²) in [7, 11) is -2.74. The van der Waals surface area contributed by atoms with E-state index in [9.17, 15) is 0 Å². The first-order valence-corrected chi connectivity index (χ1v) is 14.2. The van der Waals surface area contributed by atoms with Crippen LogP contribution in [0.15, 0.2) is 21.5 Å². The van der Waals surface area contributed by atoms with Gasteiger partial charge in [0.1, 0.15) is 0 Å². The Balaban J connectivity index is 0.000000622. The van der Waals surface area contributed by atoms with Crippen molar-refractivity contribution in [3.63, 3.8) is 0 Å². The molecule has 3 heteroatoms. The van der Waals surface area contributed by atoms with E-state index in [0.29, 0.717) is 0 Å². The van der Waals surface area contributed by atoms with Crippen molar-refractivity contribution in [2.45, 2.75) is 39.3 Å². The topological polar surface area (TPSA) is 0 Å². The quantitative estimate of drug-likeness (QED) is 0.492. The van der Waals surface area contributed by atoms with Crippen LogP contribution in [-0.2, 0) is 16.8 Å². The molecule has 0 nitrogen and oxygen atoms in total. The summed E-state index contributed by atoms with van der Waals surface area (Å²) in [5, 5.41) is 2.92. The van der Waals surface area contributed by atoms with Crippen LogP contribution in [0.4, 0.5) is 0 Å². The molecule has 0 unspecified atom stereocenters. The van der Waals surface area contributed by atoms with Gasteiger partial charge in [0.05, 0.1) is 16.1 Å². The molecule has 2 aliphatic carbocycles. The summed E-state index contributed by atoms with van der Waals surface area (Å²) >= 11 is 0. The van der Waals surface area contributed by atoms with Crippen molar-refractivity contribution in [2.75, 3.05) is 0 Å². The molecule has 118 valence electrons. The largest absolute Gasteiger partial charge is 0.115 e. The first-order chi connectivity index (χ1) is 9.64. The zero-order chi connectivity index (χ0) is 16.3. The Bertz CT molecular complexity index is 484. The first-order valence-electron chi connectivity index (χ1n) is 7.24. The third kappa shape index (κ3) is 5.03. The first kappa shape index (κ1) is 21.5. The second kappa shape index (κ2) is 8.41. The second-order valence-corrected chi connectivity index (χ2v) is 17.3. The van der Waals surface area contributed by atoms with Crippen LogP contribution in [0.2, 0.25) is 39.3 Å². The van der Waals surface area contributed by atoms with Crippen molar-refractivity contribution in [1.82, 2.24) is 0 Å². The molecule has 0 aliphatic heterocycles. The van der Waals surface area contributed by atoms with Crippen molar-refractivity contribution in [3.05, 3.63) is 53.6 Å². The van der Waals surface area contributed by atoms with Gasteiger partial charge < -0.3 is 0 Å². The molecule has 0 bridgehead atoms. The van der Waals surface area contributed by atoms with Crippen LogP contribution in [0.1, 0.15) is 0 Å². The minimum atomic E-state index is -1.37. The summed E-state index contributed by atoms with van der Waals surface area (Å²) in [6.45, 7) is 14.0. The van der Waals surface area contributed by atoms with Crippen molar-refractivity contribution < 1.29 is 16.8 Å². The fraction of sp³-hybridized carbons (Fsp3) is 0.316. The molecule has 0 spiro atoms. The van der Waals surface area contributed by atoms with Gasteiger partial charge in [-0.2, -0.15) is 0 Å². The van der Waals surface area contributed by atoms with Gasteiger partial charge in [-0.25, -0.2) is 0 Å². The Hall–Kier alpha value is -0.460. The van der Waals surface area contributed by atoms with Crippen LogP contribution in [0.25, 0.3) is 0 Å². The Morgan fingerprint density at radius 3 is 1.00 bits per heavy atom. The molecule has 0 saturated heterocycles. The summed E-state index contributed by atoms with van der Waals surface area (Å²) in [5.74, 6) is 5.59. The molecule has 1 fully saturated rings. The predicted octanol–water partition coefficient (Wildman–Crippen LogP) is 4.63. The van der Waals surface area contributed by atoms with Crippen LogP contribution in [-0.4, -0.2) is 16.1 Å². The normalized spacial score (nSPS) is 17.6. The maximum absolute atomic E-state index is 5.59. The molecular formula is C19H25CoSi2. The number of rotatable bonds is 2. The minimum absolute atomic E-state index is 0. The van der Waals surface area contributed by atoms with Gasteiger partial charge in [0.25, 0.3) is 0 Å².